The van der Waals surface area contributed by atoms with Gasteiger partial charge in [0.1, 0.15) is 5.75 Å². The Morgan fingerprint density at radius 3 is 2.56 bits per heavy atom. The summed E-state index contributed by atoms with van der Waals surface area (Å²) in [5.41, 5.74) is 4.07. The molecule has 0 aliphatic rings. The molecule has 8 nitrogen and oxygen atoms in total. The maximum atomic E-state index is 12.3. The number of hydrazone groups is 1. The van der Waals surface area contributed by atoms with Gasteiger partial charge in [-0.05, 0) is 61.0 Å². The van der Waals surface area contributed by atoms with Gasteiger partial charge in [0.25, 0.3) is 11.8 Å². The number of halogens is 1. The largest absolute Gasteiger partial charge is 0.495 e. The molecule has 0 aromatic heterocycles. The van der Waals surface area contributed by atoms with Gasteiger partial charge in [0, 0.05) is 10.6 Å². The molecule has 9 heteroatoms. The number of nitrogens with zero attached hydrogens (tertiary/aromatic N) is 1. The summed E-state index contributed by atoms with van der Waals surface area (Å²) < 4.78 is 16.5. The van der Waals surface area contributed by atoms with Crippen LogP contribution in [-0.2, 0) is 4.79 Å². The first-order chi connectivity index (χ1) is 16.5. The lowest BCUT2D eigenvalue weighted by Gasteiger charge is -2.13. The van der Waals surface area contributed by atoms with E-state index in [1.807, 2.05) is 13.0 Å². The van der Waals surface area contributed by atoms with Crippen molar-refractivity contribution in [2.45, 2.75) is 6.92 Å². The van der Waals surface area contributed by atoms with Crippen molar-refractivity contribution in [3.63, 3.8) is 0 Å². The molecule has 0 fully saturated rings. The monoisotopic (exact) mass is 481 g/mol. The van der Waals surface area contributed by atoms with E-state index in [1.165, 1.54) is 13.3 Å². The molecule has 0 unspecified atom stereocenters. The molecule has 2 N–H and O–H groups in total. The van der Waals surface area contributed by atoms with E-state index in [1.54, 1.807) is 60.7 Å². The molecule has 0 spiro atoms. The molecule has 0 aliphatic heterocycles. The fourth-order valence-electron chi connectivity index (χ4n) is 2.93. The Labute approximate surface area is 202 Å². The standard InChI is InChI=1S/C25H24ClN3O5/c1-3-33-23-13-17(15-27-29-25(31)18-7-6-8-19(26)14-18)11-12-22(23)34-16-24(30)28-20-9-4-5-10-21(20)32-2/h4-15H,3,16H2,1-2H3,(H,28,30)(H,29,31)/b27-15+. The number of methoxy groups -OCH3 is 1. The van der Waals surface area contributed by atoms with Crippen molar-refractivity contribution in [1.82, 2.24) is 5.43 Å². The van der Waals surface area contributed by atoms with Gasteiger partial charge in [0.05, 0.1) is 25.6 Å². The predicted molar refractivity (Wildman–Crippen MR) is 131 cm³/mol. The average molecular weight is 482 g/mol. The van der Waals surface area contributed by atoms with E-state index in [0.29, 0.717) is 45.7 Å². The van der Waals surface area contributed by atoms with Gasteiger partial charge < -0.3 is 19.5 Å². The van der Waals surface area contributed by atoms with Gasteiger partial charge in [-0.2, -0.15) is 5.10 Å². The van der Waals surface area contributed by atoms with Crippen LogP contribution in [0, 0.1) is 0 Å². The van der Waals surface area contributed by atoms with Crippen LogP contribution in [0.4, 0.5) is 5.69 Å². The molecular weight excluding hydrogens is 458 g/mol. The Hall–Kier alpha value is -4.04. The zero-order valence-electron chi connectivity index (χ0n) is 18.7. The number of amides is 2. The SMILES string of the molecule is CCOc1cc(/C=N/NC(=O)c2cccc(Cl)c2)ccc1OCC(=O)Nc1ccccc1OC. The van der Waals surface area contributed by atoms with E-state index in [2.05, 4.69) is 15.8 Å². The van der Waals surface area contributed by atoms with Gasteiger partial charge in [0.15, 0.2) is 18.1 Å². The third kappa shape index (κ3) is 6.98. The third-order valence-corrected chi connectivity index (χ3v) is 4.71. The quantitative estimate of drug-likeness (QED) is 0.327. The van der Waals surface area contributed by atoms with Gasteiger partial charge in [0.2, 0.25) is 0 Å². The van der Waals surface area contributed by atoms with Crippen LogP contribution in [-0.4, -0.2) is 38.4 Å². The van der Waals surface area contributed by atoms with E-state index < -0.39 is 0 Å². The fourth-order valence-corrected chi connectivity index (χ4v) is 3.12. The fraction of sp³-hybridized carbons (Fsp3) is 0.160. The summed E-state index contributed by atoms with van der Waals surface area (Å²) >= 11 is 5.91. The summed E-state index contributed by atoms with van der Waals surface area (Å²) in [5, 5.41) is 7.19. The van der Waals surface area contributed by atoms with Gasteiger partial charge in [-0.3, -0.25) is 9.59 Å². The number of anilines is 1. The van der Waals surface area contributed by atoms with E-state index in [-0.39, 0.29) is 18.4 Å². The Balaban J connectivity index is 1.61. The van der Waals surface area contributed by atoms with Gasteiger partial charge >= 0.3 is 0 Å². The van der Waals surface area contributed by atoms with Crippen LogP contribution in [0.1, 0.15) is 22.8 Å². The van der Waals surface area contributed by atoms with Crippen molar-refractivity contribution >= 4 is 35.3 Å². The number of ether oxygens (including phenoxy) is 3. The van der Waals surface area contributed by atoms with Gasteiger partial charge in [-0.1, -0.05) is 29.8 Å². The lowest BCUT2D eigenvalue weighted by atomic mass is 10.2. The molecular formula is C25H24ClN3O5. The molecule has 3 rings (SSSR count). The summed E-state index contributed by atoms with van der Waals surface area (Å²) in [7, 11) is 1.53. The topological polar surface area (TPSA) is 98.3 Å². The molecule has 0 bridgehead atoms. The van der Waals surface area contributed by atoms with Crippen molar-refractivity contribution in [3.05, 3.63) is 82.9 Å². The van der Waals surface area contributed by atoms with E-state index in [9.17, 15) is 9.59 Å². The molecule has 0 saturated heterocycles. The highest BCUT2D eigenvalue weighted by Gasteiger charge is 2.11. The molecule has 0 heterocycles. The van der Waals surface area contributed by atoms with Crippen molar-refractivity contribution in [3.8, 4) is 17.2 Å². The molecule has 0 radical (unpaired) electrons. The number of carbonyl (C=O) groups is 2. The number of hydrogen-bond acceptors (Lipinski definition) is 6. The summed E-state index contributed by atoms with van der Waals surface area (Å²) in [6, 6.07) is 18.8. The Bertz CT molecular complexity index is 1180. The zero-order valence-corrected chi connectivity index (χ0v) is 19.5. The summed E-state index contributed by atoms with van der Waals surface area (Å²) in [4.78, 5) is 24.5. The zero-order chi connectivity index (χ0) is 24.3. The van der Waals surface area contributed by atoms with Crippen molar-refractivity contribution in [2.24, 2.45) is 5.10 Å². The molecule has 0 atom stereocenters. The normalized spacial score (nSPS) is 10.6. The lowest BCUT2D eigenvalue weighted by molar-refractivity contribution is -0.118. The van der Waals surface area contributed by atoms with Crippen LogP contribution >= 0.6 is 11.6 Å². The number of rotatable bonds is 10. The average Bonchev–Trinajstić information content (AvgIpc) is 2.84. The van der Waals surface area contributed by atoms with Crippen LogP contribution < -0.4 is 25.0 Å². The molecule has 0 saturated carbocycles. The second kappa shape index (κ2) is 12.3. The summed E-state index contributed by atoms with van der Waals surface area (Å²) in [5.74, 6) is 0.665. The molecule has 3 aromatic rings. The number of carbonyl (C=O) groups excluding carboxylic acids is 2. The van der Waals surface area contributed by atoms with E-state index >= 15 is 0 Å². The van der Waals surface area contributed by atoms with Crippen LogP contribution in [0.3, 0.4) is 0 Å². The van der Waals surface area contributed by atoms with E-state index in [4.69, 9.17) is 25.8 Å². The molecule has 2 amide bonds. The number of benzene rings is 3. The minimum atomic E-state index is -0.384. The molecule has 0 aliphatic carbocycles. The molecule has 176 valence electrons. The highest BCUT2D eigenvalue weighted by molar-refractivity contribution is 6.30. The maximum absolute atomic E-state index is 12.3. The van der Waals surface area contributed by atoms with Gasteiger partial charge in [-0.15, -0.1) is 0 Å². The van der Waals surface area contributed by atoms with Crippen molar-refractivity contribution in [2.75, 3.05) is 25.6 Å². The maximum Gasteiger partial charge on any atom is 0.271 e. The second-order valence-electron chi connectivity index (χ2n) is 6.89. The first-order valence-corrected chi connectivity index (χ1v) is 10.8. The van der Waals surface area contributed by atoms with Crippen LogP contribution in [0.15, 0.2) is 71.8 Å². The molecule has 34 heavy (non-hydrogen) atoms. The lowest BCUT2D eigenvalue weighted by Crippen LogP contribution is -2.20. The highest BCUT2D eigenvalue weighted by atomic mass is 35.5. The minimum absolute atomic E-state index is 0.221. The second-order valence-corrected chi connectivity index (χ2v) is 7.32. The Morgan fingerprint density at radius 2 is 1.79 bits per heavy atom. The first kappa shape index (κ1) is 24.6. The van der Waals surface area contributed by atoms with Crippen molar-refractivity contribution in [1.29, 1.82) is 0 Å². The predicted octanol–water partition coefficient (Wildman–Crippen LogP) is 4.53. The Morgan fingerprint density at radius 1 is 0.971 bits per heavy atom. The summed E-state index contributed by atoms with van der Waals surface area (Å²) in [6.07, 6.45) is 1.48. The number of para-hydroxylation sites is 2. The summed E-state index contributed by atoms with van der Waals surface area (Å²) in [6.45, 7) is 2.02. The van der Waals surface area contributed by atoms with E-state index in [0.717, 1.165) is 0 Å². The van der Waals surface area contributed by atoms with Crippen LogP contribution in [0.2, 0.25) is 5.02 Å². The minimum Gasteiger partial charge on any atom is -0.495 e. The van der Waals surface area contributed by atoms with Crippen LogP contribution in [0.25, 0.3) is 0 Å². The Kier molecular flexibility index (Phi) is 8.88. The van der Waals surface area contributed by atoms with Crippen molar-refractivity contribution < 1.29 is 23.8 Å². The highest BCUT2D eigenvalue weighted by Crippen LogP contribution is 2.28. The van der Waals surface area contributed by atoms with Gasteiger partial charge in [-0.25, -0.2) is 5.43 Å². The third-order valence-electron chi connectivity index (χ3n) is 4.47. The van der Waals surface area contributed by atoms with Crippen LogP contribution in [0.5, 0.6) is 17.2 Å². The smallest absolute Gasteiger partial charge is 0.271 e. The number of nitrogens with one attached hydrogen (secondary N) is 2. The molecule has 3 aromatic carbocycles. The first-order valence-electron chi connectivity index (χ1n) is 10.4. The number of hydrogen-bond donors (Lipinski definition) is 2.